The van der Waals surface area contributed by atoms with Gasteiger partial charge in [0.25, 0.3) is 0 Å². The Hall–Kier alpha value is -2.59. The van der Waals surface area contributed by atoms with Gasteiger partial charge >= 0.3 is 0 Å². The van der Waals surface area contributed by atoms with Crippen molar-refractivity contribution < 1.29 is 9.53 Å². The monoisotopic (exact) mass is 336 g/mol. The first kappa shape index (κ1) is 17.2. The van der Waals surface area contributed by atoms with Crippen LogP contribution in [0.1, 0.15) is 22.5 Å². The number of nitrogens with one attached hydrogen (secondary N) is 1. The second-order valence-corrected chi connectivity index (χ2v) is 6.35. The van der Waals surface area contributed by atoms with Crippen LogP contribution in [0.15, 0.2) is 54.6 Å². The van der Waals surface area contributed by atoms with Gasteiger partial charge in [-0.2, -0.15) is 0 Å². The van der Waals surface area contributed by atoms with Crippen LogP contribution >= 0.6 is 0 Å². The van der Waals surface area contributed by atoms with Crippen LogP contribution in [-0.2, 0) is 0 Å². The zero-order valence-electron chi connectivity index (χ0n) is 14.8. The average molecular weight is 336 g/mol. The highest BCUT2D eigenvalue weighted by atomic mass is 16.5. The van der Waals surface area contributed by atoms with Gasteiger partial charge in [0.15, 0.2) is 5.78 Å². The van der Waals surface area contributed by atoms with Crippen molar-refractivity contribution in [3.8, 4) is 5.75 Å². The molecule has 0 unspecified atom stereocenters. The third-order valence-electron chi connectivity index (χ3n) is 4.28. The van der Waals surface area contributed by atoms with Crippen LogP contribution in [0.25, 0.3) is 10.9 Å². The number of benzene rings is 2. The van der Waals surface area contributed by atoms with E-state index in [9.17, 15) is 4.79 Å². The molecule has 0 aliphatic rings. The van der Waals surface area contributed by atoms with E-state index in [-0.39, 0.29) is 5.78 Å². The molecule has 0 atom stereocenters. The second-order valence-electron chi connectivity index (χ2n) is 6.35. The van der Waals surface area contributed by atoms with E-state index in [1.165, 1.54) is 0 Å². The van der Waals surface area contributed by atoms with Crippen molar-refractivity contribution >= 4 is 16.7 Å². The van der Waals surface area contributed by atoms with Crippen molar-refractivity contribution in [2.24, 2.45) is 0 Å². The van der Waals surface area contributed by atoms with Crippen molar-refractivity contribution in [1.82, 2.24) is 9.88 Å². The fraction of sp³-hybridized carbons (Fsp3) is 0.286. The van der Waals surface area contributed by atoms with Crippen molar-refractivity contribution in [3.05, 3.63) is 65.9 Å². The van der Waals surface area contributed by atoms with E-state index >= 15 is 0 Å². The number of hydrogen-bond donors (Lipinski definition) is 1. The number of carbonyl (C=O) groups excluding carboxylic acids is 1. The number of nitrogens with zero attached hydrogens (tertiary/aromatic N) is 1. The molecule has 3 rings (SSSR count). The number of para-hydroxylation sites is 2. The molecular weight excluding hydrogens is 312 g/mol. The summed E-state index contributed by atoms with van der Waals surface area (Å²) < 4.78 is 5.69. The molecular formula is C21H24N2O2. The normalized spacial score (nSPS) is 11.2. The highest BCUT2D eigenvalue weighted by Crippen LogP contribution is 2.22. The lowest BCUT2D eigenvalue weighted by Gasteiger charge is -2.16. The number of aromatic amines is 1. The standard InChI is InChI=1S/C21H24N2O2/c1-16-21(18-11-6-7-12-19(18)22-16)20(24)15-23(2)13-8-14-25-17-9-4-3-5-10-17/h3-7,9-12,22H,8,13-15H2,1-2H3. The third-order valence-corrected chi connectivity index (χ3v) is 4.28. The average Bonchev–Trinajstić information content (AvgIpc) is 2.95. The summed E-state index contributed by atoms with van der Waals surface area (Å²) in [5.74, 6) is 1.04. The van der Waals surface area contributed by atoms with Crippen LogP contribution in [0.4, 0.5) is 0 Å². The molecule has 0 amide bonds. The maximum atomic E-state index is 12.7. The van der Waals surface area contributed by atoms with Gasteiger partial charge < -0.3 is 9.72 Å². The Labute approximate surface area is 148 Å². The lowest BCUT2D eigenvalue weighted by Crippen LogP contribution is -2.28. The van der Waals surface area contributed by atoms with Gasteiger partial charge in [0.05, 0.1) is 13.2 Å². The number of fused-ring (bicyclic) bond motifs is 1. The molecule has 3 aromatic rings. The summed E-state index contributed by atoms with van der Waals surface area (Å²) >= 11 is 0. The Kier molecular flexibility index (Phi) is 5.51. The molecule has 130 valence electrons. The second kappa shape index (κ2) is 7.99. The zero-order chi connectivity index (χ0) is 17.6. The first-order valence-electron chi connectivity index (χ1n) is 8.62. The van der Waals surface area contributed by atoms with Crippen LogP contribution in [0.2, 0.25) is 0 Å². The van der Waals surface area contributed by atoms with Crippen molar-refractivity contribution in [1.29, 1.82) is 0 Å². The van der Waals surface area contributed by atoms with E-state index in [1.54, 1.807) is 0 Å². The molecule has 2 aromatic carbocycles. The summed E-state index contributed by atoms with van der Waals surface area (Å²) in [4.78, 5) is 18.1. The summed E-state index contributed by atoms with van der Waals surface area (Å²) in [5, 5.41) is 1.01. The highest BCUT2D eigenvalue weighted by molar-refractivity contribution is 6.10. The molecule has 0 saturated heterocycles. The van der Waals surface area contributed by atoms with Crippen LogP contribution in [0.3, 0.4) is 0 Å². The van der Waals surface area contributed by atoms with Gasteiger partial charge in [-0.3, -0.25) is 9.69 Å². The Balaban J connectivity index is 1.51. The molecule has 0 aliphatic carbocycles. The van der Waals surface area contributed by atoms with Gasteiger partial charge in [-0.05, 0) is 38.6 Å². The minimum Gasteiger partial charge on any atom is -0.494 e. The van der Waals surface area contributed by atoms with Gasteiger partial charge in [0.1, 0.15) is 5.75 Å². The SMILES string of the molecule is Cc1[nH]c2ccccc2c1C(=O)CN(C)CCCOc1ccccc1. The Morgan fingerprint density at radius 2 is 1.80 bits per heavy atom. The maximum absolute atomic E-state index is 12.7. The molecule has 0 saturated carbocycles. The predicted molar refractivity (Wildman–Crippen MR) is 101 cm³/mol. The van der Waals surface area contributed by atoms with Crippen molar-refractivity contribution in [2.75, 3.05) is 26.7 Å². The number of hydrogen-bond acceptors (Lipinski definition) is 3. The van der Waals surface area contributed by atoms with Crippen molar-refractivity contribution in [3.63, 3.8) is 0 Å². The van der Waals surface area contributed by atoms with E-state index in [4.69, 9.17) is 4.74 Å². The fourth-order valence-corrected chi connectivity index (χ4v) is 3.08. The number of carbonyl (C=O) groups is 1. The van der Waals surface area contributed by atoms with Gasteiger partial charge in [-0.15, -0.1) is 0 Å². The number of H-pyrrole nitrogens is 1. The number of rotatable bonds is 8. The molecule has 1 heterocycles. The molecule has 1 aromatic heterocycles. The fourth-order valence-electron chi connectivity index (χ4n) is 3.08. The molecule has 25 heavy (non-hydrogen) atoms. The quantitative estimate of drug-likeness (QED) is 0.498. The molecule has 4 nitrogen and oxygen atoms in total. The van der Waals surface area contributed by atoms with E-state index in [0.29, 0.717) is 13.2 Å². The summed E-state index contributed by atoms with van der Waals surface area (Å²) in [6.45, 7) is 3.84. The Bertz CT molecular complexity index is 839. The number of ketones is 1. The minimum absolute atomic E-state index is 0.154. The van der Waals surface area contributed by atoms with E-state index in [0.717, 1.165) is 40.9 Å². The summed E-state index contributed by atoms with van der Waals surface area (Å²) in [6, 6.07) is 17.7. The van der Waals surface area contributed by atoms with Crippen LogP contribution < -0.4 is 4.74 Å². The Morgan fingerprint density at radius 1 is 1.08 bits per heavy atom. The van der Waals surface area contributed by atoms with E-state index < -0.39 is 0 Å². The highest BCUT2D eigenvalue weighted by Gasteiger charge is 2.17. The number of Topliss-reactive ketones (excluding diaryl/α,β-unsaturated/α-hetero) is 1. The van der Waals surface area contributed by atoms with Crippen LogP contribution in [0, 0.1) is 6.92 Å². The van der Waals surface area contributed by atoms with E-state index in [2.05, 4.69) is 9.88 Å². The number of aryl methyl sites for hydroxylation is 1. The lowest BCUT2D eigenvalue weighted by molar-refractivity contribution is 0.0944. The summed E-state index contributed by atoms with van der Waals surface area (Å²) in [6.07, 6.45) is 0.880. The van der Waals surface area contributed by atoms with E-state index in [1.807, 2.05) is 68.6 Å². The van der Waals surface area contributed by atoms with Gasteiger partial charge in [0, 0.05) is 28.7 Å². The third kappa shape index (κ3) is 4.28. The van der Waals surface area contributed by atoms with Gasteiger partial charge in [0.2, 0.25) is 0 Å². The summed E-state index contributed by atoms with van der Waals surface area (Å²) in [7, 11) is 1.98. The van der Waals surface area contributed by atoms with Crippen molar-refractivity contribution in [2.45, 2.75) is 13.3 Å². The molecule has 0 bridgehead atoms. The number of likely N-dealkylation sites (N-methyl/N-ethyl adjacent to an activating group) is 1. The first-order valence-corrected chi connectivity index (χ1v) is 8.62. The molecule has 4 heteroatoms. The zero-order valence-corrected chi connectivity index (χ0v) is 14.8. The predicted octanol–water partition coefficient (Wildman–Crippen LogP) is 4.06. The topological polar surface area (TPSA) is 45.3 Å². The smallest absolute Gasteiger partial charge is 0.179 e. The first-order chi connectivity index (χ1) is 12.1. The number of aromatic nitrogens is 1. The molecule has 0 spiro atoms. The lowest BCUT2D eigenvalue weighted by atomic mass is 10.1. The minimum atomic E-state index is 0.154. The summed E-state index contributed by atoms with van der Waals surface area (Å²) in [5.41, 5.74) is 2.76. The van der Waals surface area contributed by atoms with Crippen LogP contribution in [0.5, 0.6) is 5.75 Å². The molecule has 0 aliphatic heterocycles. The molecule has 0 radical (unpaired) electrons. The Morgan fingerprint density at radius 3 is 2.60 bits per heavy atom. The molecule has 0 fully saturated rings. The molecule has 1 N–H and O–H groups in total. The number of ether oxygens (including phenoxy) is 1. The maximum Gasteiger partial charge on any atom is 0.179 e. The van der Waals surface area contributed by atoms with Crippen LogP contribution in [-0.4, -0.2) is 42.4 Å². The largest absolute Gasteiger partial charge is 0.494 e. The van der Waals surface area contributed by atoms with Gasteiger partial charge in [-0.1, -0.05) is 36.4 Å². The van der Waals surface area contributed by atoms with Gasteiger partial charge in [-0.25, -0.2) is 0 Å².